The average Bonchev–Trinajstić information content (AvgIpc) is 2.48. The van der Waals surface area contributed by atoms with Gasteiger partial charge < -0.3 is 5.43 Å². The van der Waals surface area contributed by atoms with Gasteiger partial charge in [0.05, 0.1) is 4.90 Å². The molecule has 0 aliphatic rings. The number of nitrogen functional groups attached to an aromatic ring is 1. The number of benzene rings is 2. The number of anilines is 1. The number of nitrogens with one attached hydrogen (secondary N) is 2. The van der Waals surface area contributed by atoms with Crippen LogP contribution in [0.15, 0.2) is 47.4 Å². The summed E-state index contributed by atoms with van der Waals surface area (Å²) in [5.74, 6) is 3.19. The summed E-state index contributed by atoms with van der Waals surface area (Å²) in [6.07, 6.45) is 0. The molecule has 4 N–H and O–H groups in total. The first-order valence-electron chi connectivity index (χ1n) is 5.92. The van der Waals surface area contributed by atoms with Crippen molar-refractivity contribution in [3.63, 3.8) is 0 Å². The fraction of sp³-hybridized carbons (Fsp3) is 0.0769. The lowest BCUT2D eigenvalue weighted by molar-refractivity contribution is 0.506. The maximum atomic E-state index is 13.0. The van der Waals surface area contributed by atoms with Crippen LogP contribution in [0.5, 0.6) is 0 Å². The van der Waals surface area contributed by atoms with Crippen LogP contribution in [-0.4, -0.2) is 8.42 Å². The first-order chi connectivity index (χ1) is 9.92. The van der Waals surface area contributed by atoms with E-state index in [4.69, 9.17) is 5.84 Å². The molecule has 0 aliphatic carbocycles. The van der Waals surface area contributed by atoms with Crippen LogP contribution in [0.25, 0.3) is 0 Å². The second-order valence-corrected chi connectivity index (χ2v) is 6.01. The SMILES string of the molecule is NNc1ccc(S(=O)(=O)NCc2ccc(F)c(F)c2)cc1. The third-order valence-electron chi connectivity index (χ3n) is 2.78. The molecule has 21 heavy (non-hydrogen) atoms. The Balaban J connectivity index is 2.11. The molecule has 0 aromatic heterocycles. The Labute approximate surface area is 120 Å². The molecule has 0 saturated carbocycles. The van der Waals surface area contributed by atoms with E-state index in [9.17, 15) is 17.2 Å². The van der Waals surface area contributed by atoms with Crippen molar-refractivity contribution in [2.45, 2.75) is 11.4 Å². The quantitative estimate of drug-likeness (QED) is 0.580. The molecule has 0 bridgehead atoms. The molecule has 2 rings (SSSR count). The Hall–Kier alpha value is -2.03. The molecule has 0 spiro atoms. The molecule has 8 heteroatoms. The largest absolute Gasteiger partial charge is 0.324 e. The zero-order valence-corrected chi connectivity index (χ0v) is 11.6. The predicted molar refractivity (Wildman–Crippen MR) is 74.6 cm³/mol. The van der Waals surface area contributed by atoms with Crippen molar-refractivity contribution >= 4 is 15.7 Å². The smallest absolute Gasteiger partial charge is 0.240 e. The van der Waals surface area contributed by atoms with Crippen molar-refractivity contribution in [1.29, 1.82) is 0 Å². The predicted octanol–water partition coefficient (Wildman–Crippen LogP) is 1.73. The van der Waals surface area contributed by atoms with Crippen molar-refractivity contribution in [3.8, 4) is 0 Å². The lowest BCUT2D eigenvalue weighted by Gasteiger charge is -2.08. The Kier molecular flexibility index (Phi) is 4.51. The van der Waals surface area contributed by atoms with E-state index in [0.29, 0.717) is 11.3 Å². The molecule has 0 aliphatic heterocycles. The van der Waals surface area contributed by atoms with Gasteiger partial charge in [0.1, 0.15) is 0 Å². The van der Waals surface area contributed by atoms with Gasteiger partial charge in [0.15, 0.2) is 11.6 Å². The monoisotopic (exact) mass is 313 g/mol. The molecule has 0 amide bonds. The highest BCUT2D eigenvalue weighted by atomic mass is 32.2. The standard InChI is InChI=1S/C13H13F2N3O2S/c14-12-6-1-9(7-13(12)15)8-17-21(19,20)11-4-2-10(18-16)3-5-11/h1-7,17-18H,8,16H2. The highest BCUT2D eigenvalue weighted by Crippen LogP contribution is 2.14. The van der Waals surface area contributed by atoms with Gasteiger partial charge in [-0.2, -0.15) is 0 Å². The fourth-order valence-corrected chi connectivity index (χ4v) is 2.66. The fourth-order valence-electron chi connectivity index (χ4n) is 1.64. The van der Waals surface area contributed by atoms with E-state index in [0.717, 1.165) is 12.1 Å². The number of hydrazine groups is 1. The molecule has 0 radical (unpaired) electrons. The van der Waals surface area contributed by atoms with Crippen molar-refractivity contribution in [3.05, 3.63) is 59.7 Å². The summed E-state index contributed by atoms with van der Waals surface area (Å²) in [4.78, 5) is 0.0454. The van der Waals surface area contributed by atoms with Gasteiger partial charge in [0.2, 0.25) is 10.0 Å². The Morgan fingerprint density at radius 1 is 1.00 bits per heavy atom. The molecule has 0 fully saturated rings. The lowest BCUT2D eigenvalue weighted by atomic mass is 10.2. The van der Waals surface area contributed by atoms with E-state index in [1.807, 2.05) is 0 Å². The molecular weight excluding hydrogens is 300 g/mol. The second kappa shape index (κ2) is 6.17. The van der Waals surface area contributed by atoms with Gasteiger partial charge in [0, 0.05) is 12.2 Å². The number of nitrogens with two attached hydrogens (primary N) is 1. The average molecular weight is 313 g/mol. The van der Waals surface area contributed by atoms with Crippen molar-refractivity contribution < 1.29 is 17.2 Å². The summed E-state index contributed by atoms with van der Waals surface area (Å²) >= 11 is 0. The molecule has 2 aromatic carbocycles. The Morgan fingerprint density at radius 3 is 2.24 bits per heavy atom. The molecule has 0 saturated heterocycles. The van der Waals surface area contributed by atoms with Gasteiger partial charge in [-0.25, -0.2) is 21.9 Å². The molecular formula is C13H13F2N3O2S. The van der Waals surface area contributed by atoms with E-state index in [-0.39, 0.29) is 11.4 Å². The maximum Gasteiger partial charge on any atom is 0.240 e. The summed E-state index contributed by atoms with van der Waals surface area (Å²) < 4.78 is 52.2. The van der Waals surface area contributed by atoms with Gasteiger partial charge in [-0.05, 0) is 42.0 Å². The van der Waals surface area contributed by atoms with Gasteiger partial charge >= 0.3 is 0 Å². The summed E-state index contributed by atoms with van der Waals surface area (Å²) in [6, 6.07) is 8.96. The highest BCUT2D eigenvalue weighted by molar-refractivity contribution is 7.89. The minimum Gasteiger partial charge on any atom is -0.324 e. The van der Waals surface area contributed by atoms with Crippen LogP contribution in [0, 0.1) is 11.6 Å². The van der Waals surface area contributed by atoms with Crippen LogP contribution in [0.4, 0.5) is 14.5 Å². The number of rotatable bonds is 5. The molecule has 112 valence electrons. The van der Waals surface area contributed by atoms with Crippen LogP contribution < -0.4 is 16.0 Å². The minimum atomic E-state index is -3.74. The molecule has 0 unspecified atom stereocenters. The Bertz CT molecular complexity index is 734. The zero-order chi connectivity index (χ0) is 15.5. The summed E-state index contributed by atoms with van der Waals surface area (Å²) in [5, 5.41) is 0. The van der Waals surface area contributed by atoms with Crippen LogP contribution >= 0.6 is 0 Å². The van der Waals surface area contributed by atoms with Crippen LogP contribution in [0.1, 0.15) is 5.56 Å². The highest BCUT2D eigenvalue weighted by Gasteiger charge is 2.14. The van der Waals surface area contributed by atoms with Gasteiger partial charge in [-0.3, -0.25) is 5.84 Å². The third kappa shape index (κ3) is 3.75. The van der Waals surface area contributed by atoms with Gasteiger partial charge in [-0.15, -0.1) is 0 Å². The first kappa shape index (κ1) is 15.4. The topological polar surface area (TPSA) is 84.2 Å². The van der Waals surface area contributed by atoms with E-state index in [1.165, 1.54) is 30.3 Å². The normalized spacial score (nSPS) is 11.4. The van der Waals surface area contributed by atoms with Crippen LogP contribution in [0.2, 0.25) is 0 Å². The van der Waals surface area contributed by atoms with Gasteiger partial charge in [-0.1, -0.05) is 6.07 Å². The minimum absolute atomic E-state index is 0.0454. The number of hydrogen-bond donors (Lipinski definition) is 3. The summed E-state index contributed by atoms with van der Waals surface area (Å²) in [7, 11) is -3.74. The Morgan fingerprint density at radius 2 is 1.67 bits per heavy atom. The van der Waals surface area contributed by atoms with E-state index >= 15 is 0 Å². The third-order valence-corrected chi connectivity index (χ3v) is 4.20. The van der Waals surface area contributed by atoms with Gasteiger partial charge in [0.25, 0.3) is 0 Å². The van der Waals surface area contributed by atoms with Crippen molar-refractivity contribution in [2.75, 3.05) is 5.43 Å². The zero-order valence-electron chi connectivity index (χ0n) is 10.8. The first-order valence-corrected chi connectivity index (χ1v) is 7.41. The molecule has 0 heterocycles. The van der Waals surface area contributed by atoms with E-state index in [1.54, 1.807) is 0 Å². The van der Waals surface area contributed by atoms with E-state index < -0.39 is 21.7 Å². The maximum absolute atomic E-state index is 13.0. The van der Waals surface area contributed by atoms with Crippen LogP contribution in [0.3, 0.4) is 0 Å². The molecule has 2 aromatic rings. The lowest BCUT2D eigenvalue weighted by Crippen LogP contribution is -2.23. The number of halogens is 2. The number of sulfonamides is 1. The number of hydrogen-bond acceptors (Lipinski definition) is 4. The molecule has 5 nitrogen and oxygen atoms in total. The van der Waals surface area contributed by atoms with E-state index in [2.05, 4.69) is 10.1 Å². The molecule has 0 atom stereocenters. The second-order valence-electron chi connectivity index (χ2n) is 4.24. The van der Waals surface area contributed by atoms with Crippen molar-refractivity contribution in [1.82, 2.24) is 4.72 Å². The summed E-state index contributed by atoms with van der Waals surface area (Å²) in [5.41, 5.74) is 3.26. The van der Waals surface area contributed by atoms with Crippen molar-refractivity contribution in [2.24, 2.45) is 5.84 Å². The summed E-state index contributed by atoms with van der Waals surface area (Å²) in [6.45, 7) is -0.142. The van der Waals surface area contributed by atoms with Crippen LogP contribution in [-0.2, 0) is 16.6 Å².